The molecule has 3 aromatic carbocycles. The van der Waals surface area contributed by atoms with Crippen molar-refractivity contribution in [2.24, 2.45) is 0 Å². The zero-order valence-corrected chi connectivity index (χ0v) is 20.5. The summed E-state index contributed by atoms with van der Waals surface area (Å²) in [5, 5.41) is 11.9. The third-order valence-electron chi connectivity index (χ3n) is 6.74. The monoisotopic (exact) mass is 489 g/mol. The van der Waals surface area contributed by atoms with Crippen LogP contribution in [0.2, 0.25) is 0 Å². The van der Waals surface area contributed by atoms with Gasteiger partial charge < -0.3 is 0 Å². The Labute approximate surface area is 204 Å². The minimum atomic E-state index is -3.82. The lowest BCUT2D eigenvalue weighted by Crippen LogP contribution is -2.26. The summed E-state index contributed by atoms with van der Waals surface area (Å²) in [5.41, 5.74) is 4.53. The number of aryl methyl sites for hydroxylation is 2. The first-order valence-electron chi connectivity index (χ1n) is 11.7. The van der Waals surface area contributed by atoms with Crippen molar-refractivity contribution < 1.29 is 13.3 Å². The number of hydrogen-bond donors (Lipinski definition) is 0. The number of fused-ring (bicyclic) bond motifs is 1. The Balaban J connectivity index is 1.59. The van der Waals surface area contributed by atoms with Gasteiger partial charge in [-0.05, 0) is 69.1 Å². The number of likely N-dealkylation sites (tertiary alicyclic amines) is 1. The van der Waals surface area contributed by atoms with Gasteiger partial charge in [-0.2, -0.15) is 0 Å². The van der Waals surface area contributed by atoms with Crippen molar-refractivity contribution in [1.29, 1.82) is 0 Å². The molecule has 1 aliphatic rings. The Morgan fingerprint density at radius 3 is 2.31 bits per heavy atom. The minimum Gasteiger partial charge on any atom is -0.291 e. The number of hydrogen-bond acceptors (Lipinski definition) is 5. The molecule has 1 aliphatic heterocycles. The fourth-order valence-electron chi connectivity index (χ4n) is 4.95. The third kappa shape index (κ3) is 4.35. The number of non-ortho nitro benzene ring substituents is 1. The van der Waals surface area contributed by atoms with E-state index in [-0.39, 0.29) is 16.6 Å². The van der Waals surface area contributed by atoms with Crippen LogP contribution in [0.25, 0.3) is 10.9 Å². The number of nitro groups is 1. The summed E-state index contributed by atoms with van der Waals surface area (Å²) in [6.45, 7) is 5.35. The Morgan fingerprint density at radius 2 is 1.63 bits per heavy atom. The SMILES string of the molecule is Cc1ccc(S(=O)(=O)n2c(C3CCCN3Cc3ccc([N+](=O)[O-])cc3)cc3cc(C)ccc32)cc1. The Bertz CT molecular complexity index is 1510. The molecule has 8 heteroatoms. The zero-order valence-electron chi connectivity index (χ0n) is 19.7. The lowest BCUT2D eigenvalue weighted by molar-refractivity contribution is -0.384. The van der Waals surface area contributed by atoms with Crippen molar-refractivity contribution >= 4 is 26.6 Å². The van der Waals surface area contributed by atoms with Gasteiger partial charge in [0.25, 0.3) is 15.7 Å². The lowest BCUT2D eigenvalue weighted by atomic mass is 10.1. The molecule has 0 radical (unpaired) electrons. The van der Waals surface area contributed by atoms with E-state index in [0.29, 0.717) is 12.1 Å². The molecule has 0 spiro atoms. The van der Waals surface area contributed by atoms with Gasteiger partial charge in [-0.1, -0.05) is 41.5 Å². The van der Waals surface area contributed by atoms with Crippen LogP contribution < -0.4 is 0 Å². The Kier molecular flexibility index (Phi) is 5.94. The summed E-state index contributed by atoms with van der Waals surface area (Å²) < 4.78 is 29.4. The molecule has 0 amide bonds. The van der Waals surface area contributed by atoms with Crippen LogP contribution in [-0.4, -0.2) is 28.8 Å². The highest BCUT2D eigenvalue weighted by molar-refractivity contribution is 7.90. The summed E-state index contributed by atoms with van der Waals surface area (Å²) in [6.07, 6.45) is 1.79. The van der Waals surface area contributed by atoms with E-state index in [1.54, 1.807) is 24.3 Å². The molecule has 5 rings (SSSR count). The molecular formula is C27H27N3O4S. The number of nitrogens with zero attached hydrogens (tertiary/aromatic N) is 3. The lowest BCUT2D eigenvalue weighted by Gasteiger charge is -2.26. The second kappa shape index (κ2) is 8.94. The van der Waals surface area contributed by atoms with Gasteiger partial charge in [0.2, 0.25) is 0 Å². The van der Waals surface area contributed by atoms with E-state index in [0.717, 1.165) is 47.2 Å². The quantitative estimate of drug-likeness (QED) is 0.255. The number of rotatable bonds is 6. The number of nitro benzene ring substituents is 1. The first-order valence-corrected chi connectivity index (χ1v) is 13.1. The summed E-state index contributed by atoms with van der Waals surface area (Å²) in [5.74, 6) is 0. The Morgan fingerprint density at radius 1 is 0.943 bits per heavy atom. The summed E-state index contributed by atoms with van der Waals surface area (Å²) in [4.78, 5) is 13.1. The van der Waals surface area contributed by atoms with Gasteiger partial charge >= 0.3 is 0 Å². The molecule has 35 heavy (non-hydrogen) atoms. The molecule has 1 atom stereocenters. The third-order valence-corrected chi connectivity index (χ3v) is 8.49. The molecule has 7 nitrogen and oxygen atoms in total. The van der Waals surface area contributed by atoms with Crippen LogP contribution in [0, 0.1) is 24.0 Å². The molecule has 4 aromatic rings. The van der Waals surface area contributed by atoms with Gasteiger partial charge in [-0.25, -0.2) is 12.4 Å². The van der Waals surface area contributed by atoms with Crippen LogP contribution in [-0.2, 0) is 16.6 Å². The van der Waals surface area contributed by atoms with Crippen molar-refractivity contribution in [1.82, 2.24) is 8.87 Å². The van der Waals surface area contributed by atoms with Gasteiger partial charge in [0.1, 0.15) is 0 Å². The van der Waals surface area contributed by atoms with Crippen molar-refractivity contribution in [2.75, 3.05) is 6.54 Å². The van der Waals surface area contributed by atoms with Gasteiger partial charge in [-0.15, -0.1) is 0 Å². The molecule has 0 bridgehead atoms. The summed E-state index contributed by atoms with van der Waals surface area (Å²) in [7, 11) is -3.82. The van der Waals surface area contributed by atoms with Crippen molar-refractivity contribution in [3.05, 3.63) is 105 Å². The average molecular weight is 490 g/mol. The molecule has 1 aromatic heterocycles. The molecule has 2 heterocycles. The number of benzene rings is 3. The number of aromatic nitrogens is 1. The van der Waals surface area contributed by atoms with E-state index in [4.69, 9.17) is 0 Å². The molecule has 0 saturated carbocycles. The standard InChI is InChI=1S/C27H27N3O4S/c1-19-5-12-24(13-6-19)35(33,34)29-25-14-7-20(2)16-22(25)17-27(29)26-4-3-15-28(26)18-21-8-10-23(11-9-21)30(31)32/h5-14,16-17,26H,3-4,15,18H2,1-2H3. The van der Waals surface area contributed by atoms with Crippen LogP contribution in [0.4, 0.5) is 5.69 Å². The van der Waals surface area contributed by atoms with Crippen LogP contribution in [0.15, 0.2) is 77.7 Å². The molecule has 1 saturated heterocycles. The van der Waals surface area contributed by atoms with Crippen molar-refractivity contribution in [2.45, 2.75) is 44.2 Å². The van der Waals surface area contributed by atoms with Gasteiger partial charge in [0.15, 0.2) is 0 Å². The molecule has 1 fully saturated rings. The maximum Gasteiger partial charge on any atom is 0.269 e. The topological polar surface area (TPSA) is 85.5 Å². The van der Waals surface area contributed by atoms with Crippen molar-refractivity contribution in [3.63, 3.8) is 0 Å². The molecule has 0 N–H and O–H groups in total. The van der Waals surface area contributed by atoms with E-state index >= 15 is 0 Å². The van der Waals surface area contributed by atoms with E-state index in [1.807, 2.05) is 50.2 Å². The maximum atomic E-state index is 13.9. The molecular weight excluding hydrogens is 462 g/mol. The fourth-order valence-corrected chi connectivity index (χ4v) is 6.52. The zero-order chi connectivity index (χ0) is 24.7. The second-order valence-electron chi connectivity index (χ2n) is 9.27. The molecule has 1 unspecified atom stereocenters. The average Bonchev–Trinajstić information content (AvgIpc) is 3.43. The second-order valence-corrected chi connectivity index (χ2v) is 11.1. The predicted octanol–water partition coefficient (Wildman–Crippen LogP) is 5.74. The summed E-state index contributed by atoms with van der Waals surface area (Å²) >= 11 is 0. The first-order chi connectivity index (χ1) is 16.7. The summed E-state index contributed by atoms with van der Waals surface area (Å²) in [6, 6.07) is 21.3. The minimum absolute atomic E-state index is 0.0615. The molecule has 0 aliphatic carbocycles. The van der Waals surface area contributed by atoms with Crippen molar-refractivity contribution in [3.8, 4) is 0 Å². The van der Waals surface area contributed by atoms with E-state index < -0.39 is 14.9 Å². The van der Waals surface area contributed by atoms with Crippen LogP contribution in [0.5, 0.6) is 0 Å². The van der Waals surface area contributed by atoms with Gasteiger partial charge in [0.05, 0.1) is 27.1 Å². The maximum absolute atomic E-state index is 13.9. The highest BCUT2D eigenvalue weighted by atomic mass is 32.2. The van der Waals surface area contributed by atoms with E-state index in [2.05, 4.69) is 4.90 Å². The predicted molar refractivity (Wildman–Crippen MR) is 136 cm³/mol. The smallest absolute Gasteiger partial charge is 0.269 e. The fraction of sp³-hybridized carbons (Fsp3) is 0.259. The van der Waals surface area contributed by atoms with Gasteiger partial charge in [-0.3, -0.25) is 15.0 Å². The van der Waals surface area contributed by atoms with E-state index in [9.17, 15) is 18.5 Å². The normalized spacial score (nSPS) is 16.7. The van der Waals surface area contributed by atoms with Crippen LogP contribution >= 0.6 is 0 Å². The first kappa shape index (κ1) is 23.3. The van der Waals surface area contributed by atoms with Crippen LogP contribution in [0.3, 0.4) is 0 Å². The van der Waals surface area contributed by atoms with Gasteiger partial charge in [0, 0.05) is 24.1 Å². The Hall–Kier alpha value is -3.49. The van der Waals surface area contributed by atoms with E-state index in [1.165, 1.54) is 16.1 Å². The highest BCUT2D eigenvalue weighted by Crippen LogP contribution is 2.38. The largest absolute Gasteiger partial charge is 0.291 e. The highest BCUT2D eigenvalue weighted by Gasteiger charge is 2.33. The van der Waals surface area contributed by atoms with Crippen LogP contribution in [0.1, 0.15) is 41.3 Å². The molecule has 180 valence electrons.